The molecule has 0 spiro atoms. The van der Waals surface area contributed by atoms with Crippen LogP contribution < -0.4 is 0 Å². The van der Waals surface area contributed by atoms with Gasteiger partial charge in [-0.25, -0.2) is 0 Å². The lowest BCUT2D eigenvalue weighted by Gasteiger charge is -2.08. The molecular weight excluding hydrogens is 616 g/mol. The van der Waals surface area contributed by atoms with Gasteiger partial charge in [0, 0.05) is 32.1 Å². The molecule has 0 bridgehead atoms. The van der Waals surface area contributed by atoms with Gasteiger partial charge in [-0.2, -0.15) is 0 Å². The van der Waals surface area contributed by atoms with Gasteiger partial charge in [-0.3, -0.25) is 4.79 Å². The van der Waals surface area contributed by atoms with Crippen LogP contribution in [0.1, 0.15) is 161 Å². The van der Waals surface area contributed by atoms with E-state index in [1.165, 1.54) is 50.7 Å². The summed E-state index contributed by atoms with van der Waals surface area (Å²) in [7, 11) is 0. The van der Waals surface area contributed by atoms with Crippen molar-refractivity contribution in [2.24, 2.45) is 0 Å². The van der Waals surface area contributed by atoms with Crippen LogP contribution in [0.3, 0.4) is 0 Å². The molecule has 7 heteroatoms. The van der Waals surface area contributed by atoms with E-state index in [1.807, 2.05) is 12.2 Å². The number of aliphatic hydroxyl groups excluding tert-OH is 5. The summed E-state index contributed by atoms with van der Waals surface area (Å²) in [5.74, 6) is 13.5. The Morgan fingerprint density at radius 1 is 0.592 bits per heavy atom. The molecule has 0 saturated heterocycles. The Morgan fingerprint density at radius 3 is 1.73 bits per heavy atom. The lowest BCUT2D eigenvalue weighted by Crippen LogP contribution is -2.08. The van der Waals surface area contributed by atoms with Gasteiger partial charge in [0.25, 0.3) is 0 Å². The Morgan fingerprint density at radius 2 is 1.12 bits per heavy atom. The smallest absolute Gasteiger partial charge is 0.176 e. The topological polar surface area (TPSA) is 135 Å². The fourth-order valence-electron chi connectivity index (χ4n) is 5.30. The number of hydrogen-bond acceptors (Lipinski definition) is 7. The minimum absolute atomic E-state index is 0.233. The fraction of sp³-hybridized carbons (Fsp3) is 0.714. The lowest BCUT2D eigenvalue weighted by molar-refractivity contribution is -0.119. The lowest BCUT2D eigenvalue weighted by atomic mass is 10.0. The van der Waals surface area contributed by atoms with Gasteiger partial charge in [0.15, 0.2) is 6.10 Å². The first-order valence-corrected chi connectivity index (χ1v) is 18.9. The number of Topliss-reactive ketones (excluding diaryl/α,β-unsaturated/α-hetero) is 1. The van der Waals surface area contributed by atoms with Gasteiger partial charge in [0.05, 0.1) is 18.3 Å². The Balaban J connectivity index is 3.69. The zero-order valence-electron chi connectivity index (χ0n) is 30.1. The van der Waals surface area contributed by atoms with E-state index in [9.17, 15) is 35.1 Å². The van der Waals surface area contributed by atoms with E-state index in [0.29, 0.717) is 57.1 Å². The van der Waals surface area contributed by atoms with Crippen molar-refractivity contribution in [2.45, 2.75) is 191 Å². The Bertz CT molecular complexity index is 1040. The highest BCUT2D eigenvalue weighted by Gasteiger charge is 2.05. The molecule has 0 aromatic rings. The maximum atomic E-state index is 12.0. The van der Waals surface area contributed by atoms with Gasteiger partial charge in [-0.1, -0.05) is 125 Å². The zero-order valence-corrected chi connectivity index (χ0v) is 30.1. The number of carbonyl (C=O) groups is 2. The highest BCUT2D eigenvalue weighted by atomic mass is 16.3. The normalized spacial score (nSPS) is 14.3. The number of ketones is 1. The molecule has 0 aromatic heterocycles. The SMILES string of the molecule is C#CC(O)/C=C/C(O)CCCCC(O)CC#CC(O)C#CCCC(O)/C=C/CCCCCCCCCCCC(=O)CCCCCCCC=O. The highest BCUT2D eigenvalue weighted by molar-refractivity contribution is 5.78. The molecule has 276 valence electrons. The quantitative estimate of drug-likeness (QED) is 0.0229. The number of hydrogen-bond donors (Lipinski definition) is 5. The van der Waals surface area contributed by atoms with Gasteiger partial charge < -0.3 is 30.3 Å². The summed E-state index contributed by atoms with van der Waals surface area (Å²) in [6.07, 6.45) is 31.4. The van der Waals surface area contributed by atoms with Crippen molar-refractivity contribution in [3.8, 4) is 36.0 Å². The molecule has 5 atom stereocenters. The minimum Gasteiger partial charge on any atom is -0.392 e. The number of allylic oxidation sites excluding steroid dienone is 1. The third-order valence-electron chi connectivity index (χ3n) is 8.32. The fourth-order valence-corrected chi connectivity index (χ4v) is 5.30. The molecule has 0 aliphatic rings. The number of aliphatic hydroxyl groups is 5. The average Bonchev–Trinajstić information content (AvgIpc) is 3.09. The summed E-state index contributed by atoms with van der Waals surface area (Å²) in [6, 6.07) is 0. The van der Waals surface area contributed by atoms with Gasteiger partial charge in [0.1, 0.15) is 18.2 Å². The van der Waals surface area contributed by atoms with Crippen molar-refractivity contribution in [1.82, 2.24) is 0 Å². The first-order chi connectivity index (χ1) is 23.8. The van der Waals surface area contributed by atoms with E-state index in [1.54, 1.807) is 0 Å². The third kappa shape index (κ3) is 34.9. The zero-order chi connectivity index (χ0) is 36.2. The summed E-state index contributed by atoms with van der Waals surface area (Å²) in [5.41, 5.74) is 0. The van der Waals surface area contributed by atoms with Crippen LogP contribution in [0.5, 0.6) is 0 Å². The van der Waals surface area contributed by atoms with Gasteiger partial charge >= 0.3 is 0 Å². The molecule has 0 rings (SSSR count). The van der Waals surface area contributed by atoms with Crippen LogP contribution >= 0.6 is 0 Å². The van der Waals surface area contributed by atoms with Crippen molar-refractivity contribution < 1.29 is 35.1 Å². The van der Waals surface area contributed by atoms with Crippen LogP contribution in [0, 0.1) is 36.0 Å². The second kappa shape index (κ2) is 35.1. The standard InChI is InChI=1S/C42H66O7/c1-2-37(44)34-35-42(49)31-22-21-30-41(48)33-24-32-40(47)29-20-19-28-39(46)27-17-13-9-7-5-3-4-6-8-12-16-25-38(45)26-18-14-10-11-15-23-36-43/h1,17,27,34-37,39-42,44,46-49H,3-16,18-19,21-23,25-26,28,30-31,33H2/b27-17+,35-34+. The summed E-state index contributed by atoms with van der Waals surface area (Å²) in [5, 5.41) is 49.2. The molecule has 49 heavy (non-hydrogen) atoms. The Labute approximate surface area is 298 Å². The first-order valence-electron chi connectivity index (χ1n) is 18.9. The number of carbonyl (C=O) groups excluding carboxylic acids is 2. The third-order valence-corrected chi connectivity index (χ3v) is 8.32. The van der Waals surface area contributed by atoms with E-state index >= 15 is 0 Å². The summed E-state index contributed by atoms with van der Waals surface area (Å²) < 4.78 is 0. The minimum atomic E-state index is -1.09. The largest absolute Gasteiger partial charge is 0.392 e. The summed E-state index contributed by atoms with van der Waals surface area (Å²) >= 11 is 0. The van der Waals surface area contributed by atoms with Gasteiger partial charge in [0.2, 0.25) is 0 Å². The molecule has 0 heterocycles. The molecule has 0 amide bonds. The molecule has 0 aliphatic carbocycles. The van der Waals surface area contributed by atoms with E-state index < -0.39 is 30.5 Å². The van der Waals surface area contributed by atoms with Crippen molar-refractivity contribution in [2.75, 3.05) is 0 Å². The van der Waals surface area contributed by atoms with E-state index in [2.05, 4.69) is 29.6 Å². The molecule has 0 aromatic carbocycles. The average molecular weight is 683 g/mol. The monoisotopic (exact) mass is 682 g/mol. The van der Waals surface area contributed by atoms with Gasteiger partial charge in [-0.15, -0.1) is 6.42 Å². The summed E-state index contributed by atoms with van der Waals surface area (Å²) in [4.78, 5) is 22.3. The molecule has 0 radical (unpaired) electrons. The Hall–Kier alpha value is -2.70. The van der Waals surface area contributed by atoms with Crippen molar-refractivity contribution in [3.63, 3.8) is 0 Å². The van der Waals surface area contributed by atoms with E-state index in [-0.39, 0.29) is 6.42 Å². The molecule has 0 fully saturated rings. The number of unbranched alkanes of at least 4 members (excludes halogenated alkanes) is 15. The second-order valence-electron chi connectivity index (χ2n) is 13.0. The number of terminal acetylenes is 1. The van der Waals surface area contributed by atoms with Crippen LogP contribution in [0.15, 0.2) is 24.3 Å². The molecule has 5 unspecified atom stereocenters. The predicted octanol–water partition coefficient (Wildman–Crippen LogP) is 7.06. The van der Waals surface area contributed by atoms with E-state index in [4.69, 9.17) is 6.42 Å². The predicted molar refractivity (Wildman–Crippen MR) is 199 cm³/mol. The van der Waals surface area contributed by atoms with Crippen molar-refractivity contribution >= 4 is 12.1 Å². The second-order valence-corrected chi connectivity index (χ2v) is 13.0. The van der Waals surface area contributed by atoms with Crippen molar-refractivity contribution in [1.29, 1.82) is 0 Å². The van der Waals surface area contributed by atoms with Crippen LogP contribution in [0.4, 0.5) is 0 Å². The molecule has 5 N–H and O–H groups in total. The first kappa shape index (κ1) is 46.3. The molecule has 0 aliphatic heterocycles. The van der Waals surface area contributed by atoms with Crippen LogP contribution in [0.25, 0.3) is 0 Å². The number of rotatable bonds is 31. The molecular formula is C42H66O7. The van der Waals surface area contributed by atoms with Gasteiger partial charge in [-0.05, 0) is 57.4 Å². The van der Waals surface area contributed by atoms with Crippen LogP contribution in [0.2, 0.25) is 0 Å². The van der Waals surface area contributed by atoms with Crippen LogP contribution in [-0.4, -0.2) is 68.1 Å². The van der Waals surface area contributed by atoms with Crippen LogP contribution in [-0.2, 0) is 9.59 Å². The highest BCUT2D eigenvalue weighted by Crippen LogP contribution is 2.14. The Kier molecular flexibility index (Phi) is 33.2. The maximum Gasteiger partial charge on any atom is 0.176 e. The van der Waals surface area contributed by atoms with Crippen molar-refractivity contribution in [3.05, 3.63) is 24.3 Å². The summed E-state index contributed by atoms with van der Waals surface area (Å²) in [6.45, 7) is 0. The molecule has 7 nitrogen and oxygen atoms in total. The molecule has 0 saturated carbocycles. The number of aldehydes is 1. The van der Waals surface area contributed by atoms with E-state index in [0.717, 1.165) is 70.5 Å². The maximum absolute atomic E-state index is 12.0.